The van der Waals surface area contributed by atoms with Crippen LogP contribution in [0.1, 0.15) is 24.5 Å². The molecule has 13 heteroatoms. The molecule has 0 saturated heterocycles. The Balaban J connectivity index is 1.99. The van der Waals surface area contributed by atoms with E-state index in [2.05, 4.69) is 4.74 Å². The van der Waals surface area contributed by atoms with Crippen molar-refractivity contribution in [3.05, 3.63) is 65.0 Å². The molecule has 0 aliphatic carbocycles. The number of aromatic hydroxyl groups is 2. The first-order valence-electron chi connectivity index (χ1n) is 10.1. The van der Waals surface area contributed by atoms with E-state index < -0.39 is 63.4 Å². The first kappa shape index (κ1) is 27.3. The van der Waals surface area contributed by atoms with Crippen LogP contribution < -0.4 is 14.8 Å². The van der Waals surface area contributed by atoms with E-state index >= 15 is 0 Å². The average Bonchev–Trinajstić information content (AvgIpc) is 2.69. The summed E-state index contributed by atoms with van der Waals surface area (Å²) in [4.78, 5) is 0. The number of halogens is 8. The van der Waals surface area contributed by atoms with Crippen LogP contribution in [-0.2, 0) is 12.3 Å². The maximum absolute atomic E-state index is 14.8. The van der Waals surface area contributed by atoms with Crippen LogP contribution in [0, 0.1) is 17.5 Å². The SMILES string of the molecule is CCCOc1cc(O)c(-c2cc(F)c(C(F)(F)Oc3cc(F)c(C(F)(F)F)c(F)c3)c(P)c2)c(O)c1. The third kappa shape index (κ3) is 5.59. The highest BCUT2D eigenvalue weighted by atomic mass is 31.0. The van der Waals surface area contributed by atoms with Crippen molar-refractivity contribution in [2.45, 2.75) is 25.6 Å². The van der Waals surface area contributed by atoms with E-state index in [1.807, 2.05) is 6.92 Å². The molecule has 3 aromatic carbocycles. The van der Waals surface area contributed by atoms with E-state index in [4.69, 9.17) is 4.74 Å². The summed E-state index contributed by atoms with van der Waals surface area (Å²) in [6, 6.07) is 3.53. The molecule has 3 aromatic rings. The zero-order valence-electron chi connectivity index (χ0n) is 18.2. The third-order valence-corrected chi connectivity index (χ3v) is 5.24. The number of benzene rings is 3. The summed E-state index contributed by atoms with van der Waals surface area (Å²) in [5, 5.41) is 20.0. The Hall–Kier alpha value is -3.27. The Morgan fingerprint density at radius 3 is 1.78 bits per heavy atom. The minimum atomic E-state index is -5.43. The molecule has 36 heavy (non-hydrogen) atoms. The topological polar surface area (TPSA) is 58.9 Å². The van der Waals surface area contributed by atoms with Gasteiger partial charge in [-0.1, -0.05) is 6.92 Å². The van der Waals surface area contributed by atoms with Crippen LogP contribution in [0.4, 0.5) is 35.1 Å². The molecule has 0 aliphatic heterocycles. The molecule has 1 unspecified atom stereocenters. The van der Waals surface area contributed by atoms with Gasteiger partial charge in [0.15, 0.2) is 0 Å². The molecule has 0 heterocycles. The highest BCUT2D eigenvalue weighted by Crippen LogP contribution is 2.43. The molecule has 2 N–H and O–H groups in total. The minimum absolute atomic E-state index is 0.104. The van der Waals surface area contributed by atoms with Crippen LogP contribution >= 0.6 is 9.24 Å². The second-order valence-electron chi connectivity index (χ2n) is 7.49. The van der Waals surface area contributed by atoms with Gasteiger partial charge in [0.2, 0.25) is 0 Å². The van der Waals surface area contributed by atoms with Gasteiger partial charge in [0.1, 0.15) is 51.6 Å². The fourth-order valence-electron chi connectivity index (χ4n) is 3.34. The van der Waals surface area contributed by atoms with Crippen molar-refractivity contribution in [3.8, 4) is 34.1 Å². The predicted octanol–water partition coefficient (Wildman–Crippen LogP) is 6.62. The lowest BCUT2D eigenvalue weighted by Crippen LogP contribution is -2.29. The Kier molecular flexibility index (Phi) is 7.59. The van der Waals surface area contributed by atoms with E-state index in [1.165, 1.54) is 0 Å². The summed E-state index contributed by atoms with van der Waals surface area (Å²) in [6.45, 7) is 2.10. The minimum Gasteiger partial charge on any atom is -0.507 e. The van der Waals surface area contributed by atoms with Crippen LogP contribution in [0.5, 0.6) is 23.0 Å². The molecule has 0 spiro atoms. The molecular weight excluding hydrogens is 523 g/mol. The van der Waals surface area contributed by atoms with Gasteiger partial charge in [0.25, 0.3) is 0 Å². The van der Waals surface area contributed by atoms with Gasteiger partial charge in [-0.05, 0) is 29.4 Å². The molecular formula is C23H17F8O4P. The summed E-state index contributed by atoms with van der Waals surface area (Å²) in [7, 11) is 1.78. The van der Waals surface area contributed by atoms with Crippen molar-refractivity contribution in [2.24, 2.45) is 0 Å². The molecule has 1 atom stereocenters. The second-order valence-corrected chi connectivity index (χ2v) is 8.11. The summed E-state index contributed by atoms with van der Waals surface area (Å²) in [5.74, 6) is -8.32. The number of ether oxygens (including phenoxy) is 2. The number of rotatable bonds is 7. The first-order chi connectivity index (χ1) is 16.7. The molecule has 4 nitrogen and oxygen atoms in total. The number of phenols is 2. The molecule has 0 fully saturated rings. The Morgan fingerprint density at radius 1 is 0.778 bits per heavy atom. The maximum atomic E-state index is 14.8. The molecule has 0 amide bonds. The fraction of sp³-hybridized carbons (Fsp3) is 0.217. The summed E-state index contributed by atoms with van der Waals surface area (Å²) < 4.78 is 119. The average molecular weight is 540 g/mol. The molecule has 0 bridgehead atoms. The first-order valence-corrected chi connectivity index (χ1v) is 10.6. The van der Waals surface area contributed by atoms with Gasteiger partial charge in [-0.3, -0.25) is 0 Å². The van der Waals surface area contributed by atoms with E-state index in [0.29, 0.717) is 12.5 Å². The second kappa shape index (κ2) is 10.0. The molecule has 0 saturated carbocycles. The lowest BCUT2D eigenvalue weighted by Gasteiger charge is -2.22. The Labute approximate surface area is 201 Å². The lowest BCUT2D eigenvalue weighted by atomic mass is 10.0. The number of hydrogen-bond acceptors (Lipinski definition) is 4. The van der Waals surface area contributed by atoms with E-state index in [-0.39, 0.29) is 35.6 Å². The Morgan fingerprint density at radius 2 is 1.31 bits per heavy atom. The highest BCUT2D eigenvalue weighted by Gasteiger charge is 2.42. The van der Waals surface area contributed by atoms with Crippen LogP contribution in [-0.4, -0.2) is 16.8 Å². The number of hydrogen-bond donors (Lipinski definition) is 2. The summed E-state index contributed by atoms with van der Waals surface area (Å²) in [5.41, 5.74) is -4.24. The monoisotopic (exact) mass is 540 g/mol. The quantitative estimate of drug-likeness (QED) is 0.261. The molecule has 194 valence electrons. The smallest absolute Gasteiger partial charge is 0.430 e. The number of phenolic OH excluding ortho intramolecular Hbond substituents is 2. The predicted molar refractivity (Wildman–Crippen MR) is 116 cm³/mol. The molecule has 0 aliphatic rings. The van der Waals surface area contributed by atoms with E-state index in [9.17, 15) is 45.3 Å². The lowest BCUT2D eigenvalue weighted by molar-refractivity contribution is -0.186. The van der Waals surface area contributed by atoms with Crippen LogP contribution in [0.2, 0.25) is 0 Å². The normalized spacial score (nSPS) is 12.1. The van der Waals surface area contributed by atoms with Crippen LogP contribution in [0.25, 0.3) is 11.1 Å². The molecule has 3 rings (SSSR count). The van der Waals surface area contributed by atoms with Crippen molar-refractivity contribution in [3.63, 3.8) is 0 Å². The molecule has 0 radical (unpaired) electrons. The van der Waals surface area contributed by atoms with Crippen LogP contribution in [0.15, 0.2) is 36.4 Å². The van der Waals surface area contributed by atoms with E-state index in [0.717, 1.165) is 18.2 Å². The van der Waals surface area contributed by atoms with Gasteiger partial charge in [-0.25, -0.2) is 13.2 Å². The third-order valence-electron chi connectivity index (χ3n) is 4.79. The summed E-state index contributed by atoms with van der Waals surface area (Å²) >= 11 is 0. The Bertz CT molecular complexity index is 1220. The zero-order chi connectivity index (χ0) is 27.0. The van der Waals surface area contributed by atoms with Crippen molar-refractivity contribution in [1.82, 2.24) is 0 Å². The largest absolute Gasteiger partial charge is 0.507 e. The van der Waals surface area contributed by atoms with Gasteiger partial charge in [0, 0.05) is 24.3 Å². The zero-order valence-corrected chi connectivity index (χ0v) is 19.3. The maximum Gasteiger partial charge on any atom is 0.430 e. The van der Waals surface area contributed by atoms with Crippen molar-refractivity contribution in [1.29, 1.82) is 0 Å². The fourth-order valence-corrected chi connectivity index (χ4v) is 3.83. The van der Waals surface area contributed by atoms with Gasteiger partial charge >= 0.3 is 12.3 Å². The standard InChI is InChI=1S/C23H17F8O4P/c1-2-3-34-11-8-16(32)19(17(33)9-11)10-4-13(24)21(18(36)5-10)23(30,31)35-12-6-14(25)20(15(26)7-12)22(27,28)29/h4-9,32-33H,2-3,36H2,1H3. The van der Waals surface area contributed by atoms with Crippen molar-refractivity contribution in [2.75, 3.05) is 6.61 Å². The molecule has 0 aromatic heterocycles. The van der Waals surface area contributed by atoms with Crippen molar-refractivity contribution < 1.29 is 54.8 Å². The van der Waals surface area contributed by atoms with E-state index in [1.54, 1.807) is 9.24 Å². The van der Waals surface area contributed by atoms with Gasteiger partial charge in [-0.15, -0.1) is 9.24 Å². The summed E-state index contributed by atoms with van der Waals surface area (Å²) in [6.07, 6.45) is -9.39. The van der Waals surface area contributed by atoms with Crippen molar-refractivity contribution >= 4 is 14.5 Å². The highest BCUT2D eigenvalue weighted by molar-refractivity contribution is 7.27. The van der Waals surface area contributed by atoms with Gasteiger partial charge in [-0.2, -0.15) is 22.0 Å². The van der Waals surface area contributed by atoms with Crippen LogP contribution in [0.3, 0.4) is 0 Å². The van der Waals surface area contributed by atoms with Gasteiger partial charge < -0.3 is 19.7 Å². The van der Waals surface area contributed by atoms with Gasteiger partial charge in [0.05, 0.1) is 12.2 Å². The number of alkyl halides is 5.